The molecule has 114 valence electrons. The Balaban J connectivity index is 2.02. The van der Waals surface area contributed by atoms with Gasteiger partial charge in [-0.2, -0.15) is 5.10 Å². The van der Waals surface area contributed by atoms with E-state index in [0.29, 0.717) is 23.1 Å². The number of aryl methyl sites for hydroxylation is 1. The van der Waals surface area contributed by atoms with Crippen LogP contribution in [0.3, 0.4) is 0 Å². The minimum Gasteiger partial charge on any atom is -0.398 e. The number of sulfonamides is 1. The molecule has 21 heavy (non-hydrogen) atoms. The zero-order valence-corrected chi connectivity index (χ0v) is 14.0. The number of anilines is 1. The minimum atomic E-state index is -3.68. The van der Waals surface area contributed by atoms with Gasteiger partial charge in [-0.25, -0.2) is 18.1 Å². The highest BCUT2D eigenvalue weighted by Crippen LogP contribution is 2.31. The topological polar surface area (TPSA) is 114 Å². The highest BCUT2D eigenvalue weighted by atomic mass is 79.9. The van der Waals surface area contributed by atoms with Gasteiger partial charge in [0, 0.05) is 23.7 Å². The fourth-order valence-corrected chi connectivity index (χ4v) is 4.04. The average molecular weight is 395 g/mol. The van der Waals surface area contributed by atoms with Gasteiger partial charge in [-0.1, -0.05) is 11.6 Å². The maximum atomic E-state index is 12.2. The van der Waals surface area contributed by atoms with Crippen molar-refractivity contribution in [3.05, 3.63) is 33.8 Å². The first kappa shape index (κ1) is 16.2. The van der Waals surface area contributed by atoms with Gasteiger partial charge in [-0.15, -0.1) is 0 Å². The lowest BCUT2D eigenvalue weighted by Gasteiger charge is -2.10. The summed E-state index contributed by atoms with van der Waals surface area (Å²) in [5.41, 5.74) is 5.96. The number of nitrogens with one attached hydrogen (secondary N) is 2. The molecule has 2 aromatic rings. The van der Waals surface area contributed by atoms with E-state index in [2.05, 4.69) is 35.8 Å². The van der Waals surface area contributed by atoms with Crippen LogP contribution in [0, 0.1) is 0 Å². The molecule has 10 heteroatoms. The highest BCUT2D eigenvalue weighted by Gasteiger charge is 2.19. The molecule has 4 N–H and O–H groups in total. The number of nitrogens with zero attached hydrogens (tertiary/aromatic N) is 2. The van der Waals surface area contributed by atoms with Crippen LogP contribution in [0.15, 0.2) is 27.8 Å². The Morgan fingerprint density at radius 3 is 2.86 bits per heavy atom. The highest BCUT2D eigenvalue weighted by molar-refractivity contribution is 9.10. The second-order valence-electron chi connectivity index (χ2n) is 4.24. The monoisotopic (exact) mass is 393 g/mol. The van der Waals surface area contributed by atoms with Gasteiger partial charge < -0.3 is 5.73 Å². The van der Waals surface area contributed by atoms with Crippen molar-refractivity contribution in [2.75, 3.05) is 12.3 Å². The van der Waals surface area contributed by atoms with E-state index < -0.39 is 10.0 Å². The first-order valence-electron chi connectivity index (χ1n) is 5.98. The zero-order chi connectivity index (χ0) is 15.5. The minimum absolute atomic E-state index is 0.0205. The second-order valence-corrected chi connectivity index (χ2v) is 7.21. The molecule has 0 saturated heterocycles. The standard InChI is InChI=1S/C11H13BrClN5O2S/c12-11-8(14)4-7(13)5-9(11)21(19,20)17-3-1-2-10-15-6-16-18-10/h4-6,17H,1-3,14H2,(H,15,16,18). The Kier molecular flexibility index (Phi) is 5.20. The van der Waals surface area contributed by atoms with Crippen LogP contribution >= 0.6 is 27.5 Å². The molecule has 0 aliphatic rings. The van der Waals surface area contributed by atoms with Crippen molar-refractivity contribution in [1.29, 1.82) is 0 Å². The molecule has 0 atom stereocenters. The fourth-order valence-electron chi connectivity index (χ4n) is 1.67. The maximum Gasteiger partial charge on any atom is 0.241 e. The van der Waals surface area contributed by atoms with Crippen LogP contribution in [0.4, 0.5) is 5.69 Å². The quantitative estimate of drug-likeness (QED) is 0.510. The molecule has 7 nitrogen and oxygen atoms in total. The summed E-state index contributed by atoms with van der Waals surface area (Å²) in [6.07, 6.45) is 2.59. The van der Waals surface area contributed by atoms with E-state index in [-0.39, 0.29) is 22.2 Å². The molecule has 0 aliphatic heterocycles. The van der Waals surface area contributed by atoms with E-state index in [0.717, 1.165) is 0 Å². The molecule has 2 rings (SSSR count). The number of aromatic nitrogens is 3. The molecule has 0 fully saturated rings. The van der Waals surface area contributed by atoms with Gasteiger partial charge in [0.15, 0.2) is 0 Å². The average Bonchev–Trinajstić information content (AvgIpc) is 2.92. The van der Waals surface area contributed by atoms with Crippen LogP contribution in [0.2, 0.25) is 5.02 Å². The van der Waals surface area contributed by atoms with Crippen LogP contribution in [-0.4, -0.2) is 30.1 Å². The van der Waals surface area contributed by atoms with Crippen LogP contribution in [0.5, 0.6) is 0 Å². The molecule has 1 aromatic heterocycles. The Morgan fingerprint density at radius 2 is 2.19 bits per heavy atom. The Labute approximate surface area is 135 Å². The molecule has 1 heterocycles. The van der Waals surface area contributed by atoms with Gasteiger partial charge in [0.2, 0.25) is 10.0 Å². The first-order chi connectivity index (χ1) is 9.90. The summed E-state index contributed by atoms with van der Waals surface area (Å²) >= 11 is 9.01. The van der Waals surface area contributed by atoms with Gasteiger partial charge >= 0.3 is 0 Å². The lowest BCUT2D eigenvalue weighted by atomic mass is 10.3. The summed E-state index contributed by atoms with van der Waals surface area (Å²) in [4.78, 5) is 3.98. The molecule has 0 saturated carbocycles. The van der Waals surface area contributed by atoms with Crippen molar-refractivity contribution >= 4 is 43.2 Å². The lowest BCUT2D eigenvalue weighted by molar-refractivity contribution is 0.578. The molecule has 0 amide bonds. The number of nitrogens with two attached hydrogens (primary N) is 1. The molecule has 0 aliphatic carbocycles. The van der Waals surface area contributed by atoms with E-state index in [9.17, 15) is 8.42 Å². The van der Waals surface area contributed by atoms with Crippen molar-refractivity contribution in [1.82, 2.24) is 19.9 Å². The van der Waals surface area contributed by atoms with Crippen molar-refractivity contribution in [2.45, 2.75) is 17.7 Å². The summed E-state index contributed by atoms with van der Waals surface area (Å²) in [6, 6.07) is 2.83. The Hall–Kier alpha value is -1.16. The van der Waals surface area contributed by atoms with E-state index in [4.69, 9.17) is 17.3 Å². The summed E-state index contributed by atoms with van der Waals surface area (Å²) < 4.78 is 27.3. The number of halogens is 2. The molecule has 0 unspecified atom stereocenters. The lowest BCUT2D eigenvalue weighted by Crippen LogP contribution is -2.25. The van der Waals surface area contributed by atoms with Gasteiger partial charge in [0.1, 0.15) is 12.2 Å². The predicted octanol–water partition coefficient (Wildman–Crippen LogP) is 1.71. The smallest absolute Gasteiger partial charge is 0.241 e. The predicted molar refractivity (Wildman–Crippen MR) is 83.5 cm³/mol. The van der Waals surface area contributed by atoms with Crippen LogP contribution < -0.4 is 10.5 Å². The van der Waals surface area contributed by atoms with Gasteiger partial charge in [0.05, 0.1) is 9.37 Å². The number of H-pyrrole nitrogens is 1. The van der Waals surface area contributed by atoms with Crippen LogP contribution in [0.25, 0.3) is 0 Å². The Morgan fingerprint density at radius 1 is 1.43 bits per heavy atom. The van der Waals surface area contributed by atoms with E-state index in [1.165, 1.54) is 18.5 Å². The van der Waals surface area contributed by atoms with Crippen LogP contribution in [0.1, 0.15) is 12.2 Å². The fraction of sp³-hybridized carbons (Fsp3) is 0.273. The number of rotatable bonds is 6. The van der Waals surface area contributed by atoms with E-state index >= 15 is 0 Å². The number of nitrogen functional groups attached to an aromatic ring is 1. The SMILES string of the molecule is Nc1cc(Cl)cc(S(=O)(=O)NCCCc2ncn[nH]2)c1Br. The third-order valence-corrected chi connectivity index (χ3v) is 5.52. The number of aromatic amines is 1. The summed E-state index contributed by atoms with van der Waals surface area (Å²) in [5, 5.41) is 6.69. The molecule has 0 radical (unpaired) electrons. The summed E-state index contributed by atoms with van der Waals surface area (Å²) in [5.74, 6) is 0.711. The number of hydrogen-bond acceptors (Lipinski definition) is 5. The van der Waals surface area contributed by atoms with Crippen molar-refractivity contribution in [3.63, 3.8) is 0 Å². The third kappa shape index (κ3) is 4.16. The zero-order valence-electron chi connectivity index (χ0n) is 10.8. The molecular formula is C11H13BrClN5O2S. The van der Waals surface area contributed by atoms with Gasteiger partial charge in [-0.3, -0.25) is 5.10 Å². The normalized spacial score (nSPS) is 11.7. The van der Waals surface area contributed by atoms with Gasteiger partial charge in [-0.05, 0) is 34.5 Å². The maximum absolute atomic E-state index is 12.2. The third-order valence-electron chi connectivity index (χ3n) is 2.67. The summed E-state index contributed by atoms with van der Waals surface area (Å²) in [6.45, 7) is 0.266. The first-order valence-corrected chi connectivity index (χ1v) is 8.64. The molecular weight excluding hydrogens is 382 g/mol. The molecule has 0 bridgehead atoms. The number of hydrogen-bond donors (Lipinski definition) is 3. The molecule has 0 spiro atoms. The van der Waals surface area contributed by atoms with Crippen molar-refractivity contribution < 1.29 is 8.42 Å². The number of benzene rings is 1. The largest absolute Gasteiger partial charge is 0.398 e. The van der Waals surface area contributed by atoms with E-state index in [1.54, 1.807) is 0 Å². The van der Waals surface area contributed by atoms with E-state index in [1.807, 2.05) is 0 Å². The Bertz CT molecular complexity index is 720. The summed E-state index contributed by atoms with van der Waals surface area (Å²) in [7, 11) is -3.68. The van der Waals surface area contributed by atoms with Gasteiger partial charge in [0.25, 0.3) is 0 Å². The molecule has 1 aromatic carbocycles. The van der Waals surface area contributed by atoms with Crippen LogP contribution in [-0.2, 0) is 16.4 Å². The van der Waals surface area contributed by atoms with Crippen molar-refractivity contribution in [3.8, 4) is 0 Å². The second kappa shape index (κ2) is 6.73. The van der Waals surface area contributed by atoms with Crippen molar-refractivity contribution in [2.24, 2.45) is 0 Å².